The molecule has 0 aliphatic rings. The average Bonchev–Trinajstić information content (AvgIpc) is 2.81. The normalized spacial score (nSPS) is 10.3. The fraction of sp³-hybridized carbons (Fsp3) is 0.143. The number of carbonyl (C=O) groups excluding carboxylic acids is 2. The van der Waals surface area contributed by atoms with Gasteiger partial charge in [-0.2, -0.15) is 0 Å². The Bertz CT molecular complexity index is 710. The quantitative estimate of drug-likeness (QED) is 0.845. The Balaban J connectivity index is 2.27. The third-order valence-corrected chi connectivity index (χ3v) is 3.51. The monoisotopic (exact) mass is 326 g/mol. The number of H-pyrrole nitrogens is 1. The van der Waals surface area contributed by atoms with Gasteiger partial charge in [0.25, 0.3) is 5.91 Å². The van der Waals surface area contributed by atoms with E-state index in [1.54, 1.807) is 19.1 Å². The summed E-state index contributed by atoms with van der Waals surface area (Å²) < 4.78 is 4.65. The minimum atomic E-state index is -0.562. The first-order valence-electron chi connectivity index (χ1n) is 5.96. The van der Waals surface area contributed by atoms with Gasteiger partial charge in [0.1, 0.15) is 5.69 Å². The van der Waals surface area contributed by atoms with Gasteiger partial charge < -0.3 is 15.0 Å². The summed E-state index contributed by atoms with van der Waals surface area (Å²) in [5.74, 6) is -0.967. The minimum Gasteiger partial charge on any atom is -0.464 e. The molecule has 5 nitrogen and oxygen atoms in total. The molecule has 0 unspecified atom stereocenters. The molecule has 7 heteroatoms. The van der Waals surface area contributed by atoms with Crippen molar-refractivity contribution in [3.63, 3.8) is 0 Å². The van der Waals surface area contributed by atoms with E-state index in [4.69, 9.17) is 23.2 Å². The number of aryl methyl sites for hydroxylation is 1. The van der Waals surface area contributed by atoms with Crippen LogP contribution in [0.3, 0.4) is 0 Å². The molecule has 0 aliphatic carbocycles. The van der Waals surface area contributed by atoms with E-state index in [0.717, 1.165) is 5.69 Å². The number of halogens is 2. The van der Waals surface area contributed by atoms with Crippen molar-refractivity contribution in [1.29, 1.82) is 0 Å². The van der Waals surface area contributed by atoms with Crippen molar-refractivity contribution >= 4 is 40.8 Å². The fourth-order valence-corrected chi connectivity index (χ4v) is 2.08. The van der Waals surface area contributed by atoms with Crippen molar-refractivity contribution in [1.82, 2.24) is 4.98 Å². The lowest BCUT2D eigenvalue weighted by molar-refractivity contribution is 0.0596. The molecule has 0 radical (unpaired) electrons. The predicted octanol–water partition coefficient (Wildman–Crippen LogP) is 3.67. The van der Waals surface area contributed by atoms with Gasteiger partial charge in [0.2, 0.25) is 0 Å². The van der Waals surface area contributed by atoms with Crippen LogP contribution in [0.1, 0.15) is 26.5 Å². The first kappa shape index (κ1) is 15.4. The Hall–Kier alpha value is -1.98. The topological polar surface area (TPSA) is 71.2 Å². The highest BCUT2D eigenvalue weighted by molar-refractivity contribution is 6.42. The van der Waals surface area contributed by atoms with Crippen LogP contribution in [0, 0.1) is 6.92 Å². The number of amides is 1. The fourth-order valence-electron chi connectivity index (χ4n) is 1.78. The van der Waals surface area contributed by atoms with E-state index in [2.05, 4.69) is 15.0 Å². The number of aromatic amines is 1. The Morgan fingerprint density at radius 2 is 1.90 bits per heavy atom. The van der Waals surface area contributed by atoms with Gasteiger partial charge in [0.05, 0.1) is 22.8 Å². The number of methoxy groups -OCH3 is 1. The summed E-state index contributed by atoms with van der Waals surface area (Å²) in [6.07, 6.45) is 0. The zero-order valence-electron chi connectivity index (χ0n) is 11.3. The van der Waals surface area contributed by atoms with Gasteiger partial charge >= 0.3 is 5.97 Å². The highest BCUT2D eigenvalue weighted by Crippen LogP contribution is 2.24. The Labute approximate surface area is 131 Å². The summed E-state index contributed by atoms with van der Waals surface area (Å²) in [5.41, 5.74) is 1.58. The van der Waals surface area contributed by atoms with Crippen molar-refractivity contribution < 1.29 is 14.3 Å². The van der Waals surface area contributed by atoms with Crippen LogP contribution in [0.2, 0.25) is 10.0 Å². The van der Waals surface area contributed by atoms with Gasteiger partial charge in [-0.25, -0.2) is 4.79 Å². The lowest BCUT2D eigenvalue weighted by Crippen LogP contribution is -2.14. The minimum absolute atomic E-state index is 0.184. The smallest absolute Gasteiger partial charge is 0.356 e. The molecule has 21 heavy (non-hydrogen) atoms. The number of nitrogens with one attached hydrogen (secondary N) is 2. The van der Waals surface area contributed by atoms with Crippen molar-refractivity contribution in [2.45, 2.75) is 6.92 Å². The second-order valence-electron chi connectivity index (χ2n) is 4.32. The number of esters is 1. The number of anilines is 1. The maximum atomic E-state index is 12.2. The largest absolute Gasteiger partial charge is 0.464 e. The van der Waals surface area contributed by atoms with Crippen LogP contribution in [0.25, 0.3) is 0 Å². The first-order chi connectivity index (χ1) is 9.92. The van der Waals surface area contributed by atoms with Crippen LogP contribution in [-0.4, -0.2) is 24.0 Å². The van der Waals surface area contributed by atoms with E-state index in [0.29, 0.717) is 16.3 Å². The summed E-state index contributed by atoms with van der Waals surface area (Å²) in [6.45, 7) is 1.77. The van der Waals surface area contributed by atoms with Crippen molar-refractivity contribution in [3.05, 3.63) is 51.3 Å². The molecule has 0 bridgehead atoms. The SMILES string of the molecule is COC(=O)c1[nH]c(C)cc1NC(=O)c1ccc(Cl)c(Cl)c1. The number of ether oxygens (including phenoxy) is 1. The summed E-state index contributed by atoms with van der Waals surface area (Å²) in [5, 5.41) is 3.28. The molecule has 1 aromatic carbocycles. The second-order valence-corrected chi connectivity index (χ2v) is 5.13. The summed E-state index contributed by atoms with van der Waals surface area (Å²) in [6, 6.07) is 6.17. The molecule has 2 N–H and O–H groups in total. The standard InChI is InChI=1S/C14H12Cl2N2O3/c1-7-5-11(12(17-7)14(20)21-2)18-13(19)8-3-4-9(15)10(16)6-8/h3-6,17H,1-2H3,(H,18,19). The van der Waals surface area contributed by atoms with E-state index in [1.165, 1.54) is 19.2 Å². The van der Waals surface area contributed by atoms with Gasteiger partial charge in [-0.05, 0) is 31.2 Å². The molecular weight excluding hydrogens is 315 g/mol. The molecule has 0 saturated carbocycles. The number of benzene rings is 1. The zero-order chi connectivity index (χ0) is 15.6. The van der Waals surface area contributed by atoms with Gasteiger partial charge in [0.15, 0.2) is 0 Å². The molecule has 0 atom stereocenters. The van der Waals surface area contributed by atoms with E-state index in [9.17, 15) is 9.59 Å². The molecule has 0 fully saturated rings. The van der Waals surface area contributed by atoms with Crippen molar-refractivity contribution in [2.75, 3.05) is 12.4 Å². The number of aromatic nitrogens is 1. The van der Waals surface area contributed by atoms with Crippen LogP contribution in [-0.2, 0) is 4.74 Å². The van der Waals surface area contributed by atoms with E-state index >= 15 is 0 Å². The Kier molecular flexibility index (Phi) is 4.55. The lowest BCUT2D eigenvalue weighted by Gasteiger charge is -2.06. The number of rotatable bonds is 3. The molecule has 2 aromatic rings. The summed E-state index contributed by atoms with van der Waals surface area (Å²) in [4.78, 5) is 26.6. The third kappa shape index (κ3) is 3.37. The molecule has 0 aliphatic heterocycles. The summed E-state index contributed by atoms with van der Waals surface area (Å²) in [7, 11) is 1.27. The molecule has 2 rings (SSSR count). The van der Waals surface area contributed by atoms with Crippen LogP contribution in [0.4, 0.5) is 5.69 Å². The number of hydrogen-bond donors (Lipinski definition) is 2. The first-order valence-corrected chi connectivity index (χ1v) is 6.72. The highest BCUT2D eigenvalue weighted by atomic mass is 35.5. The second kappa shape index (κ2) is 6.20. The maximum absolute atomic E-state index is 12.2. The molecule has 1 aromatic heterocycles. The molecule has 1 amide bonds. The third-order valence-electron chi connectivity index (χ3n) is 2.77. The van der Waals surface area contributed by atoms with Crippen LogP contribution < -0.4 is 5.32 Å². The molecule has 0 spiro atoms. The van der Waals surface area contributed by atoms with Gasteiger partial charge in [-0.15, -0.1) is 0 Å². The predicted molar refractivity (Wildman–Crippen MR) is 81.3 cm³/mol. The number of carbonyl (C=O) groups is 2. The summed E-state index contributed by atoms with van der Waals surface area (Å²) >= 11 is 11.7. The Morgan fingerprint density at radius 3 is 2.52 bits per heavy atom. The molecular formula is C14H12Cl2N2O3. The zero-order valence-corrected chi connectivity index (χ0v) is 12.8. The van der Waals surface area contributed by atoms with Crippen LogP contribution >= 0.6 is 23.2 Å². The lowest BCUT2D eigenvalue weighted by atomic mass is 10.2. The van der Waals surface area contributed by atoms with E-state index in [1.807, 2.05) is 0 Å². The van der Waals surface area contributed by atoms with Crippen LogP contribution in [0.5, 0.6) is 0 Å². The van der Waals surface area contributed by atoms with Gasteiger partial charge in [-0.1, -0.05) is 23.2 Å². The molecule has 0 saturated heterocycles. The van der Waals surface area contributed by atoms with E-state index in [-0.39, 0.29) is 10.7 Å². The molecule has 110 valence electrons. The number of hydrogen-bond acceptors (Lipinski definition) is 3. The van der Waals surface area contributed by atoms with E-state index < -0.39 is 11.9 Å². The van der Waals surface area contributed by atoms with Crippen LogP contribution in [0.15, 0.2) is 24.3 Å². The average molecular weight is 327 g/mol. The highest BCUT2D eigenvalue weighted by Gasteiger charge is 2.17. The maximum Gasteiger partial charge on any atom is 0.356 e. The van der Waals surface area contributed by atoms with Crippen molar-refractivity contribution in [2.24, 2.45) is 0 Å². The Morgan fingerprint density at radius 1 is 1.19 bits per heavy atom. The van der Waals surface area contributed by atoms with Crippen molar-refractivity contribution in [3.8, 4) is 0 Å². The molecule has 1 heterocycles. The van der Waals surface area contributed by atoms with Gasteiger partial charge in [0, 0.05) is 11.3 Å². The van der Waals surface area contributed by atoms with Gasteiger partial charge in [-0.3, -0.25) is 4.79 Å².